The molecule has 1 N–H and O–H groups in total. The lowest BCUT2D eigenvalue weighted by atomic mass is 10.2. The Morgan fingerprint density at radius 2 is 1.86 bits per heavy atom. The van der Waals surface area contributed by atoms with Crippen molar-refractivity contribution in [3.63, 3.8) is 0 Å². The van der Waals surface area contributed by atoms with Gasteiger partial charge in [0.25, 0.3) is 0 Å². The molecule has 0 aromatic heterocycles. The van der Waals surface area contributed by atoms with Gasteiger partial charge in [-0.25, -0.2) is 0 Å². The van der Waals surface area contributed by atoms with E-state index < -0.39 is 0 Å². The number of nitrogens with zero attached hydrogens (tertiary/aromatic N) is 2. The molecule has 120 valence electrons. The molecule has 5 nitrogen and oxygen atoms in total. The molecule has 0 radical (unpaired) electrons. The largest absolute Gasteiger partial charge is 0.368 e. The molecule has 1 aromatic rings. The van der Waals surface area contributed by atoms with Gasteiger partial charge in [0.05, 0.1) is 0 Å². The van der Waals surface area contributed by atoms with Crippen LogP contribution in [0.25, 0.3) is 0 Å². The van der Waals surface area contributed by atoms with Crippen molar-refractivity contribution in [2.75, 3.05) is 31.1 Å². The zero-order chi connectivity index (χ0) is 16.1. The molecule has 0 saturated carbocycles. The van der Waals surface area contributed by atoms with Crippen LogP contribution in [0.15, 0.2) is 24.3 Å². The second kappa shape index (κ2) is 7.29. The number of anilines is 1. The van der Waals surface area contributed by atoms with Crippen molar-refractivity contribution in [2.45, 2.75) is 33.2 Å². The van der Waals surface area contributed by atoms with Gasteiger partial charge in [-0.05, 0) is 38.5 Å². The quantitative estimate of drug-likeness (QED) is 0.859. The molecule has 22 heavy (non-hydrogen) atoms. The van der Waals surface area contributed by atoms with E-state index in [1.807, 2.05) is 13.8 Å². The molecule has 1 aromatic carbocycles. The van der Waals surface area contributed by atoms with Crippen LogP contribution < -0.4 is 10.2 Å². The van der Waals surface area contributed by atoms with E-state index in [4.69, 9.17) is 0 Å². The summed E-state index contributed by atoms with van der Waals surface area (Å²) in [5.41, 5.74) is 2.44. The van der Waals surface area contributed by atoms with Crippen molar-refractivity contribution in [1.82, 2.24) is 10.2 Å². The van der Waals surface area contributed by atoms with Gasteiger partial charge in [-0.2, -0.15) is 0 Å². The summed E-state index contributed by atoms with van der Waals surface area (Å²) in [7, 11) is 0. The molecular formula is C17H25N3O2. The molecule has 0 aliphatic carbocycles. The average Bonchev–Trinajstić information content (AvgIpc) is 2.46. The van der Waals surface area contributed by atoms with Crippen LogP contribution in [0.5, 0.6) is 0 Å². The fourth-order valence-corrected chi connectivity index (χ4v) is 2.66. The standard InChI is InChI=1S/C17H25N3O2/c1-13(2)18-16(21)12-17(22)20-9-7-19(8-10-20)15-6-4-5-14(3)11-15/h4-6,11,13H,7-10,12H2,1-3H3,(H,18,21). The number of piperazine rings is 1. The summed E-state index contributed by atoms with van der Waals surface area (Å²) in [6.07, 6.45) is -0.0530. The Kier molecular flexibility index (Phi) is 5.41. The number of carbonyl (C=O) groups excluding carboxylic acids is 2. The average molecular weight is 303 g/mol. The first kappa shape index (κ1) is 16.3. The van der Waals surface area contributed by atoms with Crippen LogP contribution in [0.4, 0.5) is 5.69 Å². The number of rotatable bonds is 4. The van der Waals surface area contributed by atoms with Gasteiger partial charge in [0.15, 0.2) is 0 Å². The predicted molar refractivity (Wildman–Crippen MR) is 87.9 cm³/mol. The highest BCUT2D eigenvalue weighted by Gasteiger charge is 2.23. The first-order chi connectivity index (χ1) is 10.5. The van der Waals surface area contributed by atoms with Crippen LogP contribution in [0.1, 0.15) is 25.8 Å². The Morgan fingerprint density at radius 1 is 1.18 bits per heavy atom. The molecule has 0 atom stereocenters. The Morgan fingerprint density at radius 3 is 2.45 bits per heavy atom. The van der Waals surface area contributed by atoms with E-state index in [1.54, 1.807) is 4.90 Å². The van der Waals surface area contributed by atoms with E-state index in [2.05, 4.69) is 41.4 Å². The Bertz CT molecular complexity index is 534. The Hall–Kier alpha value is -2.04. The SMILES string of the molecule is Cc1cccc(N2CCN(C(=O)CC(=O)NC(C)C)CC2)c1. The smallest absolute Gasteiger partial charge is 0.232 e. The van der Waals surface area contributed by atoms with Crippen LogP contribution in [-0.2, 0) is 9.59 Å². The second-order valence-electron chi connectivity index (χ2n) is 6.11. The van der Waals surface area contributed by atoms with Crippen molar-refractivity contribution in [2.24, 2.45) is 0 Å². The number of hydrogen-bond acceptors (Lipinski definition) is 3. The van der Waals surface area contributed by atoms with E-state index in [-0.39, 0.29) is 24.3 Å². The highest BCUT2D eigenvalue weighted by molar-refractivity contribution is 5.97. The van der Waals surface area contributed by atoms with Crippen LogP contribution in [0, 0.1) is 6.92 Å². The maximum Gasteiger partial charge on any atom is 0.232 e. The van der Waals surface area contributed by atoms with E-state index in [9.17, 15) is 9.59 Å². The first-order valence-electron chi connectivity index (χ1n) is 7.84. The molecule has 2 rings (SSSR count). The highest BCUT2D eigenvalue weighted by atomic mass is 16.2. The first-order valence-corrected chi connectivity index (χ1v) is 7.84. The third kappa shape index (κ3) is 4.48. The zero-order valence-electron chi connectivity index (χ0n) is 13.6. The number of aryl methyl sites for hydroxylation is 1. The molecule has 0 spiro atoms. The zero-order valence-corrected chi connectivity index (χ0v) is 13.6. The summed E-state index contributed by atoms with van der Waals surface area (Å²) in [4.78, 5) is 27.9. The van der Waals surface area contributed by atoms with Crippen molar-refractivity contribution >= 4 is 17.5 Å². The molecule has 1 saturated heterocycles. The molecule has 5 heteroatoms. The van der Waals surface area contributed by atoms with E-state index in [0.29, 0.717) is 13.1 Å². The third-order valence-corrected chi connectivity index (χ3v) is 3.76. The molecule has 2 amide bonds. The molecule has 1 heterocycles. The van der Waals surface area contributed by atoms with Crippen molar-refractivity contribution in [3.8, 4) is 0 Å². The fourth-order valence-electron chi connectivity index (χ4n) is 2.66. The number of benzene rings is 1. The molecule has 0 unspecified atom stereocenters. The van der Waals surface area contributed by atoms with Gasteiger partial charge in [-0.1, -0.05) is 12.1 Å². The third-order valence-electron chi connectivity index (χ3n) is 3.76. The minimum absolute atomic E-state index is 0.0530. The fraction of sp³-hybridized carbons (Fsp3) is 0.529. The van der Waals surface area contributed by atoms with Gasteiger partial charge in [-0.3, -0.25) is 9.59 Å². The van der Waals surface area contributed by atoms with Gasteiger partial charge < -0.3 is 15.1 Å². The van der Waals surface area contributed by atoms with Gasteiger partial charge >= 0.3 is 0 Å². The maximum absolute atomic E-state index is 12.1. The lowest BCUT2D eigenvalue weighted by Crippen LogP contribution is -2.49. The summed E-state index contributed by atoms with van der Waals surface area (Å²) in [6.45, 7) is 8.81. The monoisotopic (exact) mass is 303 g/mol. The molecule has 1 aliphatic rings. The molecule has 0 bridgehead atoms. The van der Waals surface area contributed by atoms with Crippen LogP contribution in [0.2, 0.25) is 0 Å². The minimum atomic E-state index is -0.193. The van der Waals surface area contributed by atoms with Gasteiger partial charge in [0, 0.05) is 37.9 Å². The topological polar surface area (TPSA) is 52.7 Å². The molecule has 1 aliphatic heterocycles. The number of nitrogens with one attached hydrogen (secondary N) is 1. The minimum Gasteiger partial charge on any atom is -0.368 e. The van der Waals surface area contributed by atoms with Crippen molar-refractivity contribution in [3.05, 3.63) is 29.8 Å². The summed E-state index contributed by atoms with van der Waals surface area (Å²) in [6, 6.07) is 8.46. The maximum atomic E-state index is 12.1. The lowest BCUT2D eigenvalue weighted by molar-refractivity contribution is -0.136. The molecule has 1 fully saturated rings. The Labute approximate surface area is 132 Å². The van der Waals surface area contributed by atoms with Gasteiger partial charge in [0.1, 0.15) is 6.42 Å². The van der Waals surface area contributed by atoms with Crippen LogP contribution in [0.3, 0.4) is 0 Å². The number of amides is 2. The van der Waals surface area contributed by atoms with Crippen molar-refractivity contribution in [1.29, 1.82) is 0 Å². The number of carbonyl (C=O) groups is 2. The van der Waals surface area contributed by atoms with Crippen LogP contribution in [-0.4, -0.2) is 48.9 Å². The predicted octanol–water partition coefficient (Wildman–Crippen LogP) is 1.56. The summed E-state index contributed by atoms with van der Waals surface area (Å²) < 4.78 is 0. The van der Waals surface area contributed by atoms with Crippen LogP contribution >= 0.6 is 0 Å². The highest BCUT2D eigenvalue weighted by Crippen LogP contribution is 2.18. The van der Waals surface area contributed by atoms with Gasteiger partial charge in [-0.15, -0.1) is 0 Å². The lowest BCUT2D eigenvalue weighted by Gasteiger charge is -2.36. The summed E-state index contributed by atoms with van der Waals surface area (Å²) in [5.74, 6) is -0.275. The molecular weight excluding hydrogens is 278 g/mol. The van der Waals surface area contributed by atoms with E-state index in [0.717, 1.165) is 13.1 Å². The van der Waals surface area contributed by atoms with Crippen molar-refractivity contribution < 1.29 is 9.59 Å². The van der Waals surface area contributed by atoms with Gasteiger partial charge in [0.2, 0.25) is 11.8 Å². The summed E-state index contributed by atoms with van der Waals surface area (Å²) >= 11 is 0. The second-order valence-corrected chi connectivity index (χ2v) is 6.11. The number of hydrogen-bond donors (Lipinski definition) is 1. The normalized spacial score (nSPS) is 15.1. The Balaban J connectivity index is 1.84. The summed E-state index contributed by atoms with van der Waals surface area (Å²) in [5, 5.41) is 2.76. The van der Waals surface area contributed by atoms with E-state index >= 15 is 0 Å². The van der Waals surface area contributed by atoms with E-state index in [1.165, 1.54) is 11.3 Å².